The third kappa shape index (κ3) is 4.89. The second kappa shape index (κ2) is 10.5. The van der Waals surface area contributed by atoms with Crippen molar-refractivity contribution in [2.45, 2.75) is 38.4 Å². The molecule has 11 heteroatoms. The smallest absolute Gasteiger partial charge is 0.276 e. The standard InChI is InChI=1S/C29H30ClN7O3/c1-17-15-35(9-10-36(17)29(39)26-16-37(34-33-26)21-5-6-21)28(38)19-3-7-22-23(30)13-24(32-25(22)12-19)18-4-8-27(40-2)20(11-18)14-31/h3-4,7-8,11-13,16-17,21H,5-6,9-10,14-15,31H2,1-2H3/t17-/m1/s1. The molecular formula is C29H30ClN7O3. The second-order valence-electron chi connectivity index (χ2n) is 10.4. The minimum atomic E-state index is -0.164. The Labute approximate surface area is 236 Å². The number of hydrogen-bond donors (Lipinski definition) is 1. The zero-order valence-electron chi connectivity index (χ0n) is 22.4. The molecule has 3 heterocycles. The van der Waals surface area contributed by atoms with Crippen LogP contribution in [-0.4, -0.2) is 74.4 Å². The van der Waals surface area contributed by atoms with Crippen molar-refractivity contribution >= 4 is 34.3 Å². The molecule has 1 atom stereocenters. The molecule has 2 aliphatic rings. The average Bonchev–Trinajstić information content (AvgIpc) is 3.71. The number of ether oxygens (including phenoxy) is 1. The highest BCUT2D eigenvalue weighted by Crippen LogP contribution is 2.34. The molecule has 2 aromatic heterocycles. The maximum absolute atomic E-state index is 13.5. The van der Waals surface area contributed by atoms with Gasteiger partial charge in [-0.25, -0.2) is 9.67 Å². The van der Waals surface area contributed by atoms with Crippen LogP contribution in [0.15, 0.2) is 48.7 Å². The van der Waals surface area contributed by atoms with E-state index in [0.717, 1.165) is 29.4 Å². The summed E-state index contributed by atoms with van der Waals surface area (Å²) in [6, 6.07) is 13.1. The molecule has 1 saturated heterocycles. The molecule has 1 aliphatic carbocycles. The van der Waals surface area contributed by atoms with Gasteiger partial charge in [-0.15, -0.1) is 5.10 Å². The van der Waals surface area contributed by atoms with Crippen LogP contribution >= 0.6 is 11.6 Å². The largest absolute Gasteiger partial charge is 0.496 e. The summed E-state index contributed by atoms with van der Waals surface area (Å²) in [7, 11) is 1.61. The minimum absolute atomic E-state index is 0.112. The summed E-state index contributed by atoms with van der Waals surface area (Å²) in [6.45, 7) is 3.54. The van der Waals surface area contributed by atoms with E-state index in [1.807, 2.05) is 37.3 Å². The number of nitrogens with two attached hydrogens (primary N) is 1. The molecule has 2 fully saturated rings. The van der Waals surface area contributed by atoms with Crippen LogP contribution in [0, 0.1) is 0 Å². The van der Waals surface area contributed by atoms with Crippen molar-refractivity contribution in [1.29, 1.82) is 0 Å². The van der Waals surface area contributed by atoms with Crippen molar-refractivity contribution in [3.05, 3.63) is 70.5 Å². The molecule has 40 heavy (non-hydrogen) atoms. The highest BCUT2D eigenvalue weighted by atomic mass is 35.5. The van der Waals surface area contributed by atoms with Gasteiger partial charge >= 0.3 is 0 Å². The lowest BCUT2D eigenvalue weighted by Crippen LogP contribution is -2.55. The molecule has 0 unspecified atom stereocenters. The van der Waals surface area contributed by atoms with Crippen LogP contribution in [0.25, 0.3) is 22.2 Å². The lowest BCUT2D eigenvalue weighted by molar-refractivity contribution is 0.0411. The summed E-state index contributed by atoms with van der Waals surface area (Å²) in [6.07, 6.45) is 3.87. The van der Waals surface area contributed by atoms with Gasteiger partial charge in [0, 0.05) is 54.3 Å². The SMILES string of the molecule is COc1ccc(-c2cc(Cl)c3ccc(C(=O)N4CCN(C(=O)c5cn(C6CC6)nn5)[C@H](C)C4)cc3n2)cc1CN. The highest BCUT2D eigenvalue weighted by Gasteiger charge is 2.33. The molecule has 0 spiro atoms. The predicted octanol–water partition coefficient (Wildman–Crippen LogP) is 3.94. The second-order valence-corrected chi connectivity index (χ2v) is 10.8. The van der Waals surface area contributed by atoms with Gasteiger partial charge in [0.05, 0.1) is 35.6 Å². The summed E-state index contributed by atoms with van der Waals surface area (Å²) < 4.78 is 7.16. The normalized spacial score (nSPS) is 17.4. The maximum Gasteiger partial charge on any atom is 0.276 e. The molecule has 1 saturated carbocycles. The van der Waals surface area contributed by atoms with Gasteiger partial charge in [-0.2, -0.15) is 0 Å². The van der Waals surface area contributed by atoms with E-state index in [4.69, 9.17) is 27.1 Å². The summed E-state index contributed by atoms with van der Waals surface area (Å²) in [5, 5.41) is 9.49. The third-order valence-electron chi connectivity index (χ3n) is 7.63. The first kappa shape index (κ1) is 26.2. The Kier molecular flexibility index (Phi) is 6.89. The molecule has 4 aromatic rings. The molecule has 206 valence electrons. The van der Waals surface area contributed by atoms with Gasteiger partial charge in [-0.05, 0) is 56.2 Å². The lowest BCUT2D eigenvalue weighted by atomic mass is 10.0. The monoisotopic (exact) mass is 559 g/mol. The van der Waals surface area contributed by atoms with Gasteiger partial charge in [-0.3, -0.25) is 9.59 Å². The van der Waals surface area contributed by atoms with Crippen molar-refractivity contribution in [3.8, 4) is 17.0 Å². The minimum Gasteiger partial charge on any atom is -0.496 e. The molecule has 6 rings (SSSR count). The Balaban J connectivity index is 1.20. The number of nitrogens with zero attached hydrogens (tertiary/aromatic N) is 6. The topological polar surface area (TPSA) is 119 Å². The number of benzene rings is 2. The number of fused-ring (bicyclic) bond motifs is 1. The number of piperazine rings is 1. The number of rotatable bonds is 6. The lowest BCUT2D eigenvalue weighted by Gasteiger charge is -2.39. The van der Waals surface area contributed by atoms with Gasteiger partial charge in [0.25, 0.3) is 11.8 Å². The average molecular weight is 560 g/mol. The predicted molar refractivity (Wildman–Crippen MR) is 151 cm³/mol. The van der Waals surface area contributed by atoms with E-state index in [2.05, 4.69) is 10.3 Å². The fourth-order valence-electron chi connectivity index (χ4n) is 5.23. The number of carbonyl (C=O) groups excluding carboxylic acids is 2. The first-order valence-electron chi connectivity index (χ1n) is 13.4. The van der Waals surface area contributed by atoms with Crippen LogP contribution in [0.4, 0.5) is 0 Å². The highest BCUT2D eigenvalue weighted by molar-refractivity contribution is 6.35. The molecule has 2 amide bonds. The van der Waals surface area contributed by atoms with Crippen LogP contribution < -0.4 is 10.5 Å². The Morgan fingerprint density at radius 2 is 1.93 bits per heavy atom. The Morgan fingerprint density at radius 1 is 1.10 bits per heavy atom. The zero-order valence-corrected chi connectivity index (χ0v) is 23.1. The van der Waals surface area contributed by atoms with E-state index >= 15 is 0 Å². The van der Waals surface area contributed by atoms with Gasteiger partial charge in [-0.1, -0.05) is 22.9 Å². The summed E-state index contributed by atoms with van der Waals surface area (Å²) in [5.41, 5.74) is 9.79. The van der Waals surface area contributed by atoms with Crippen LogP contribution in [-0.2, 0) is 6.54 Å². The summed E-state index contributed by atoms with van der Waals surface area (Å²) in [4.78, 5) is 35.0. The van der Waals surface area contributed by atoms with Gasteiger partial charge in [0.1, 0.15) is 5.75 Å². The Morgan fingerprint density at radius 3 is 2.65 bits per heavy atom. The number of amides is 2. The number of aromatic nitrogens is 4. The third-order valence-corrected chi connectivity index (χ3v) is 7.94. The van der Waals surface area contributed by atoms with Crippen LogP contribution in [0.1, 0.15) is 52.2 Å². The maximum atomic E-state index is 13.5. The van der Waals surface area contributed by atoms with Crippen LogP contribution in [0.5, 0.6) is 5.75 Å². The molecular weight excluding hydrogens is 530 g/mol. The number of hydrogen-bond acceptors (Lipinski definition) is 7. The van der Waals surface area contributed by atoms with Gasteiger partial charge < -0.3 is 20.3 Å². The van der Waals surface area contributed by atoms with Crippen molar-refractivity contribution in [2.24, 2.45) is 5.73 Å². The van der Waals surface area contributed by atoms with Gasteiger partial charge in [0.2, 0.25) is 0 Å². The van der Waals surface area contributed by atoms with Crippen molar-refractivity contribution in [2.75, 3.05) is 26.7 Å². The Hall–Kier alpha value is -4.02. The number of pyridine rings is 1. The number of halogens is 1. The quantitative estimate of drug-likeness (QED) is 0.380. The molecule has 2 N–H and O–H groups in total. The van der Waals surface area contributed by atoms with E-state index in [0.29, 0.717) is 65.5 Å². The van der Waals surface area contributed by atoms with E-state index in [-0.39, 0.29) is 17.9 Å². The van der Waals surface area contributed by atoms with Gasteiger partial charge in [0.15, 0.2) is 5.69 Å². The van der Waals surface area contributed by atoms with E-state index < -0.39 is 0 Å². The van der Waals surface area contributed by atoms with E-state index in [1.54, 1.807) is 39.9 Å². The molecule has 1 aliphatic heterocycles. The molecule has 10 nitrogen and oxygen atoms in total. The van der Waals surface area contributed by atoms with Crippen LogP contribution in [0.3, 0.4) is 0 Å². The molecule has 2 aromatic carbocycles. The first-order valence-corrected chi connectivity index (χ1v) is 13.7. The molecule has 0 bridgehead atoms. The van der Waals surface area contributed by atoms with E-state index in [9.17, 15) is 9.59 Å². The Bertz CT molecular complexity index is 1620. The van der Waals surface area contributed by atoms with Crippen molar-refractivity contribution in [3.63, 3.8) is 0 Å². The van der Waals surface area contributed by atoms with Crippen molar-refractivity contribution in [1.82, 2.24) is 29.8 Å². The first-order chi connectivity index (χ1) is 19.4. The van der Waals surface area contributed by atoms with Crippen LogP contribution in [0.2, 0.25) is 5.02 Å². The number of methoxy groups -OCH3 is 1. The fraction of sp³-hybridized carbons (Fsp3) is 0.345. The summed E-state index contributed by atoms with van der Waals surface area (Å²) >= 11 is 6.63. The zero-order chi connectivity index (χ0) is 28.0. The van der Waals surface area contributed by atoms with Crippen molar-refractivity contribution < 1.29 is 14.3 Å². The molecule has 0 radical (unpaired) electrons. The van der Waals surface area contributed by atoms with E-state index in [1.165, 1.54) is 0 Å². The fourth-order valence-corrected chi connectivity index (χ4v) is 5.49. The number of carbonyl (C=O) groups is 2. The summed E-state index contributed by atoms with van der Waals surface area (Å²) in [5.74, 6) is 0.449.